The summed E-state index contributed by atoms with van der Waals surface area (Å²) < 4.78 is 0. The number of rotatable bonds is 6. The molecule has 3 aliphatic rings. The predicted molar refractivity (Wildman–Crippen MR) is 149 cm³/mol. The third kappa shape index (κ3) is 4.83. The van der Waals surface area contributed by atoms with Gasteiger partial charge in [0.1, 0.15) is 10.4 Å². The second-order valence-electron chi connectivity index (χ2n) is 8.48. The largest absolute Gasteiger partial charge is 0.293 e. The summed E-state index contributed by atoms with van der Waals surface area (Å²) in [6.07, 6.45) is 7.20. The number of hydrogen-bond acceptors (Lipinski definition) is 8. The first-order valence-corrected chi connectivity index (χ1v) is 13.4. The first kappa shape index (κ1) is 24.3. The molecule has 3 heterocycles. The molecular formula is C28H24N4O2S2. The van der Waals surface area contributed by atoms with Gasteiger partial charge in [-0.2, -0.15) is 5.11 Å². The molecule has 180 valence electrons. The SMILES string of the molecule is C=CC[C@@H]1C(=O)c2ccccc2N=C1SC1=CC[C@H](SC2=Nc3ccccc3C(=O)[C@@H]2CC=C)N=N1. The molecule has 2 aromatic rings. The number of fused-ring (bicyclic) bond motifs is 2. The normalized spacial score (nSPS) is 22.7. The monoisotopic (exact) mass is 512 g/mol. The van der Waals surface area contributed by atoms with Crippen molar-refractivity contribution in [3.05, 3.63) is 96.1 Å². The maximum atomic E-state index is 13.1. The van der Waals surface area contributed by atoms with Crippen molar-refractivity contribution in [1.29, 1.82) is 0 Å². The molecule has 2 aromatic carbocycles. The summed E-state index contributed by atoms with van der Waals surface area (Å²) in [7, 11) is 0. The molecule has 0 aromatic heterocycles. The van der Waals surface area contributed by atoms with E-state index in [2.05, 4.69) is 23.4 Å². The van der Waals surface area contributed by atoms with Crippen molar-refractivity contribution in [2.45, 2.75) is 24.6 Å². The molecule has 0 bridgehead atoms. The van der Waals surface area contributed by atoms with Gasteiger partial charge in [-0.25, -0.2) is 9.98 Å². The molecule has 0 radical (unpaired) electrons. The van der Waals surface area contributed by atoms with E-state index in [1.54, 1.807) is 12.2 Å². The van der Waals surface area contributed by atoms with Crippen LogP contribution in [0.1, 0.15) is 40.0 Å². The van der Waals surface area contributed by atoms with Gasteiger partial charge in [-0.1, -0.05) is 59.9 Å². The highest BCUT2D eigenvalue weighted by molar-refractivity contribution is 8.17. The smallest absolute Gasteiger partial charge is 0.174 e. The van der Waals surface area contributed by atoms with E-state index < -0.39 is 0 Å². The number of azo groups is 1. The zero-order valence-electron chi connectivity index (χ0n) is 19.5. The number of para-hydroxylation sites is 2. The number of hydrogen-bond donors (Lipinski definition) is 0. The molecule has 0 aliphatic carbocycles. The number of thioether (sulfide) groups is 2. The van der Waals surface area contributed by atoms with Crippen LogP contribution in [0, 0.1) is 11.8 Å². The fourth-order valence-electron chi connectivity index (χ4n) is 4.29. The standard InChI is InChI=1S/C28H24N4O2S2/c1-3-9-19-25(33)17-11-5-7-13-21(17)29-27(19)35-23-15-16-24(32-31-23)36-28-20(10-4-2)26(34)18-12-6-8-14-22(18)30-28/h3-8,11-15,19-20,24H,1-2,9-10,16H2/t19-,20+,24+/m1/s1. The van der Waals surface area contributed by atoms with Crippen molar-refractivity contribution in [2.75, 3.05) is 0 Å². The molecule has 3 aliphatic heterocycles. The van der Waals surface area contributed by atoms with Crippen LogP contribution in [0.15, 0.2) is 105 Å². The molecule has 0 amide bonds. The average molecular weight is 513 g/mol. The minimum atomic E-state index is -0.368. The lowest BCUT2D eigenvalue weighted by atomic mass is 9.92. The molecule has 6 nitrogen and oxygen atoms in total. The predicted octanol–water partition coefficient (Wildman–Crippen LogP) is 7.71. The van der Waals surface area contributed by atoms with Crippen LogP contribution >= 0.6 is 23.5 Å². The van der Waals surface area contributed by atoms with Gasteiger partial charge in [-0.05, 0) is 43.2 Å². The third-order valence-corrected chi connectivity index (χ3v) is 8.30. The lowest BCUT2D eigenvalue weighted by molar-refractivity contribution is 0.0947. The molecule has 0 saturated heterocycles. The molecule has 0 N–H and O–H groups in total. The Labute approximate surface area is 218 Å². The number of allylic oxidation sites excluding steroid dienone is 2. The summed E-state index contributed by atoms with van der Waals surface area (Å²) in [6, 6.07) is 14.8. The molecule has 36 heavy (non-hydrogen) atoms. The second-order valence-corrected chi connectivity index (χ2v) is 10.7. The first-order valence-electron chi connectivity index (χ1n) is 11.7. The highest BCUT2D eigenvalue weighted by atomic mass is 32.2. The van der Waals surface area contributed by atoms with Crippen LogP contribution in [0.3, 0.4) is 0 Å². The molecular weight excluding hydrogens is 488 g/mol. The molecule has 0 unspecified atom stereocenters. The topological polar surface area (TPSA) is 83.6 Å². The quantitative estimate of drug-likeness (QED) is 0.371. The van der Waals surface area contributed by atoms with Crippen molar-refractivity contribution in [3.63, 3.8) is 0 Å². The lowest BCUT2D eigenvalue weighted by Gasteiger charge is -2.25. The molecule has 0 fully saturated rings. The summed E-state index contributed by atoms with van der Waals surface area (Å²) in [4.78, 5) is 35.7. The van der Waals surface area contributed by atoms with Gasteiger partial charge in [0, 0.05) is 17.5 Å². The van der Waals surface area contributed by atoms with Crippen LogP contribution in [-0.4, -0.2) is 27.0 Å². The van der Waals surface area contributed by atoms with Crippen LogP contribution in [0.2, 0.25) is 0 Å². The lowest BCUT2D eigenvalue weighted by Crippen LogP contribution is -2.26. The van der Waals surface area contributed by atoms with Gasteiger partial charge < -0.3 is 0 Å². The van der Waals surface area contributed by atoms with Crippen LogP contribution in [0.5, 0.6) is 0 Å². The summed E-state index contributed by atoms with van der Waals surface area (Å²) in [5.74, 6) is -0.595. The zero-order chi connectivity index (χ0) is 25.1. The fraction of sp³-hybridized carbons (Fsp3) is 0.214. The Bertz CT molecular complexity index is 1380. The van der Waals surface area contributed by atoms with E-state index >= 15 is 0 Å². The van der Waals surface area contributed by atoms with Crippen LogP contribution in [-0.2, 0) is 0 Å². The molecule has 8 heteroatoms. The third-order valence-electron chi connectivity index (χ3n) is 6.08. The number of Topliss-reactive ketones (excluding diaryl/α,β-unsaturated/α-hetero) is 2. The summed E-state index contributed by atoms with van der Waals surface area (Å²) in [6.45, 7) is 7.63. The number of aliphatic imine (C=N–C) groups is 2. The van der Waals surface area contributed by atoms with E-state index in [0.717, 1.165) is 5.04 Å². The maximum absolute atomic E-state index is 13.1. The van der Waals surface area contributed by atoms with E-state index in [4.69, 9.17) is 9.98 Å². The summed E-state index contributed by atoms with van der Waals surface area (Å²) in [5, 5.41) is 10.9. The maximum Gasteiger partial charge on any atom is 0.174 e. The van der Waals surface area contributed by atoms with E-state index in [-0.39, 0.29) is 28.8 Å². The first-order chi connectivity index (χ1) is 17.6. The highest BCUT2D eigenvalue weighted by Gasteiger charge is 2.34. The van der Waals surface area contributed by atoms with E-state index in [9.17, 15) is 9.59 Å². The summed E-state index contributed by atoms with van der Waals surface area (Å²) >= 11 is 2.85. The van der Waals surface area contributed by atoms with Crippen molar-refractivity contribution in [3.8, 4) is 0 Å². The minimum absolute atomic E-state index is 0.0540. The fourth-order valence-corrected chi connectivity index (χ4v) is 6.35. The van der Waals surface area contributed by atoms with Crippen molar-refractivity contribution < 1.29 is 9.59 Å². The van der Waals surface area contributed by atoms with Crippen LogP contribution in [0.4, 0.5) is 11.4 Å². The van der Waals surface area contributed by atoms with Gasteiger partial charge >= 0.3 is 0 Å². The van der Waals surface area contributed by atoms with Crippen molar-refractivity contribution in [1.82, 2.24) is 0 Å². The molecule has 5 rings (SSSR count). The number of carbonyl (C=O) groups is 2. The highest BCUT2D eigenvalue weighted by Crippen LogP contribution is 2.40. The Kier molecular flexibility index (Phi) is 7.25. The Balaban J connectivity index is 1.32. The second kappa shape index (κ2) is 10.7. The van der Waals surface area contributed by atoms with Crippen molar-refractivity contribution in [2.24, 2.45) is 32.0 Å². The van der Waals surface area contributed by atoms with Gasteiger partial charge in [-0.3, -0.25) is 9.59 Å². The van der Waals surface area contributed by atoms with Crippen LogP contribution in [0.25, 0.3) is 0 Å². The number of benzene rings is 2. The number of nitrogens with zero attached hydrogens (tertiary/aromatic N) is 4. The number of carbonyl (C=O) groups excluding carboxylic acids is 2. The molecule has 0 spiro atoms. The molecule has 3 atom stereocenters. The zero-order valence-corrected chi connectivity index (χ0v) is 21.2. The Morgan fingerprint density at radius 1 is 0.833 bits per heavy atom. The minimum Gasteiger partial charge on any atom is -0.293 e. The Morgan fingerprint density at radius 2 is 1.39 bits per heavy atom. The average Bonchev–Trinajstić information content (AvgIpc) is 2.90. The molecule has 0 saturated carbocycles. The Morgan fingerprint density at radius 3 is 1.94 bits per heavy atom. The van der Waals surface area contributed by atoms with E-state index in [1.807, 2.05) is 54.6 Å². The summed E-state index contributed by atoms with van der Waals surface area (Å²) in [5.41, 5.74) is 2.66. The van der Waals surface area contributed by atoms with Gasteiger partial charge in [-0.15, -0.1) is 18.3 Å². The van der Waals surface area contributed by atoms with Gasteiger partial charge in [0.05, 0.1) is 33.3 Å². The van der Waals surface area contributed by atoms with Gasteiger partial charge in [0.2, 0.25) is 0 Å². The van der Waals surface area contributed by atoms with Crippen molar-refractivity contribution >= 4 is 56.6 Å². The van der Waals surface area contributed by atoms with Gasteiger partial charge in [0.15, 0.2) is 11.6 Å². The van der Waals surface area contributed by atoms with E-state index in [1.165, 1.54) is 23.5 Å². The van der Waals surface area contributed by atoms with Gasteiger partial charge in [0.25, 0.3) is 0 Å². The van der Waals surface area contributed by atoms with Crippen LogP contribution < -0.4 is 0 Å². The van der Waals surface area contributed by atoms with E-state index in [0.29, 0.717) is 51.8 Å². The number of ketones is 2. The Hall–Kier alpha value is -3.36.